The molecule has 0 radical (unpaired) electrons. The van der Waals surface area contributed by atoms with Gasteiger partial charge in [-0.1, -0.05) is 6.42 Å². The Balaban J connectivity index is 1.53. The molecule has 2 fully saturated rings. The fraction of sp³-hybridized carbons (Fsp3) is 0.591. The number of fused-ring (bicyclic) bond motifs is 2. The molecule has 2 aliphatic rings. The summed E-state index contributed by atoms with van der Waals surface area (Å²) < 4.78 is 5.30. The van der Waals surface area contributed by atoms with Crippen LogP contribution in [0, 0.1) is 5.92 Å². The second-order valence-corrected chi connectivity index (χ2v) is 8.01. The van der Waals surface area contributed by atoms with Crippen molar-refractivity contribution in [2.75, 3.05) is 39.9 Å². The summed E-state index contributed by atoms with van der Waals surface area (Å²) >= 11 is 0. The van der Waals surface area contributed by atoms with E-state index >= 15 is 0 Å². The molecular weight excluding hydrogens is 352 g/mol. The van der Waals surface area contributed by atoms with Crippen LogP contribution in [0.2, 0.25) is 0 Å². The largest absolute Gasteiger partial charge is 0.383 e. The number of carbonyl (C=O) groups is 1. The molecule has 0 spiro atoms. The van der Waals surface area contributed by atoms with Crippen molar-refractivity contribution in [1.82, 2.24) is 19.8 Å². The molecule has 2 atom stereocenters. The molecule has 3 heterocycles. The topological polar surface area (TPSA) is 58.6 Å². The number of carbonyl (C=O) groups excluding carboxylic acids is 1. The van der Waals surface area contributed by atoms with Gasteiger partial charge in [0.2, 0.25) is 0 Å². The predicted molar refractivity (Wildman–Crippen MR) is 109 cm³/mol. The van der Waals surface area contributed by atoms with Crippen LogP contribution in [0.4, 0.5) is 0 Å². The first-order chi connectivity index (χ1) is 13.8. The van der Waals surface area contributed by atoms with Gasteiger partial charge in [0.25, 0.3) is 5.91 Å². The number of aromatic nitrogens is 2. The number of amides is 1. The fourth-order valence-corrected chi connectivity index (χ4v) is 4.83. The highest BCUT2D eigenvalue weighted by Gasteiger charge is 2.34. The van der Waals surface area contributed by atoms with E-state index in [2.05, 4.69) is 14.9 Å². The second kappa shape index (κ2) is 8.97. The molecule has 0 bridgehead atoms. The van der Waals surface area contributed by atoms with Gasteiger partial charge in [-0.05, 0) is 62.9 Å². The molecule has 2 saturated heterocycles. The van der Waals surface area contributed by atoms with Gasteiger partial charge in [0.15, 0.2) is 0 Å². The Morgan fingerprint density at radius 3 is 2.82 bits per heavy atom. The van der Waals surface area contributed by atoms with Crippen LogP contribution in [0.5, 0.6) is 0 Å². The van der Waals surface area contributed by atoms with Crippen molar-refractivity contribution >= 4 is 16.9 Å². The van der Waals surface area contributed by atoms with E-state index < -0.39 is 0 Å². The van der Waals surface area contributed by atoms with Gasteiger partial charge in [-0.3, -0.25) is 14.8 Å². The van der Waals surface area contributed by atoms with Gasteiger partial charge in [-0.15, -0.1) is 0 Å². The number of piperidine rings is 2. The predicted octanol–water partition coefficient (Wildman–Crippen LogP) is 2.98. The molecule has 28 heavy (non-hydrogen) atoms. The minimum absolute atomic E-state index is 0.0672. The molecule has 0 N–H and O–H groups in total. The molecule has 1 amide bonds. The first-order valence-corrected chi connectivity index (χ1v) is 10.5. The number of hydrogen-bond donors (Lipinski definition) is 0. The molecule has 2 aliphatic heterocycles. The van der Waals surface area contributed by atoms with E-state index in [0.717, 1.165) is 17.6 Å². The first kappa shape index (κ1) is 19.3. The molecule has 0 aliphatic carbocycles. The Bertz CT molecular complexity index is 810. The van der Waals surface area contributed by atoms with Crippen LogP contribution in [0.25, 0.3) is 11.0 Å². The van der Waals surface area contributed by atoms with E-state index in [1.165, 1.54) is 45.2 Å². The standard InChI is InChI=1S/C22H30N4O2/c1-28-14-13-26(16-18-5-4-12-25-11-3-2-6-21(18)25)22(27)17-7-8-19-20(15-17)24-10-9-23-19/h7-10,15,18,21H,2-6,11-14,16H2,1H3. The van der Waals surface area contributed by atoms with Crippen LogP contribution in [0.3, 0.4) is 0 Å². The summed E-state index contributed by atoms with van der Waals surface area (Å²) in [6.07, 6.45) is 9.68. The third-order valence-electron chi connectivity index (χ3n) is 6.25. The molecular formula is C22H30N4O2. The van der Waals surface area contributed by atoms with Crippen molar-refractivity contribution in [3.05, 3.63) is 36.2 Å². The lowest BCUT2D eigenvalue weighted by molar-refractivity contribution is 0.0315. The minimum Gasteiger partial charge on any atom is -0.383 e. The van der Waals surface area contributed by atoms with Crippen molar-refractivity contribution in [3.8, 4) is 0 Å². The van der Waals surface area contributed by atoms with Crippen molar-refractivity contribution in [2.45, 2.75) is 38.1 Å². The maximum atomic E-state index is 13.3. The molecule has 150 valence electrons. The summed E-state index contributed by atoms with van der Waals surface area (Å²) in [5, 5.41) is 0. The lowest BCUT2D eigenvalue weighted by Crippen LogP contribution is -2.52. The van der Waals surface area contributed by atoms with E-state index in [0.29, 0.717) is 30.7 Å². The molecule has 2 unspecified atom stereocenters. The normalized spacial score (nSPS) is 22.8. The first-order valence-electron chi connectivity index (χ1n) is 10.5. The zero-order valence-electron chi connectivity index (χ0n) is 16.7. The highest BCUT2D eigenvalue weighted by Crippen LogP contribution is 2.31. The third kappa shape index (κ3) is 4.18. The van der Waals surface area contributed by atoms with E-state index in [4.69, 9.17) is 4.74 Å². The lowest BCUT2D eigenvalue weighted by atomic mass is 9.83. The van der Waals surface area contributed by atoms with Crippen LogP contribution < -0.4 is 0 Å². The number of nitrogens with zero attached hydrogens (tertiary/aromatic N) is 4. The number of methoxy groups -OCH3 is 1. The monoisotopic (exact) mass is 382 g/mol. The van der Waals surface area contributed by atoms with E-state index in [-0.39, 0.29) is 5.91 Å². The molecule has 2 aromatic rings. The zero-order valence-corrected chi connectivity index (χ0v) is 16.7. The molecule has 6 heteroatoms. The van der Waals surface area contributed by atoms with Gasteiger partial charge in [-0.25, -0.2) is 0 Å². The van der Waals surface area contributed by atoms with Crippen LogP contribution in [0.15, 0.2) is 30.6 Å². The Labute approximate surface area is 166 Å². The van der Waals surface area contributed by atoms with E-state index in [1.54, 1.807) is 19.5 Å². The van der Waals surface area contributed by atoms with Crippen molar-refractivity contribution in [3.63, 3.8) is 0 Å². The Hall–Kier alpha value is -2.05. The van der Waals surface area contributed by atoms with E-state index in [1.807, 2.05) is 23.1 Å². The summed E-state index contributed by atoms with van der Waals surface area (Å²) in [5.41, 5.74) is 2.25. The lowest BCUT2D eigenvalue weighted by Gasteiger charge is -2.45. The Morgan fingerprint density at radius 1 is 1.14 bits per heavy atom. The van der Waals surface area contributed by atoms with Gasteiger partial charge in [0.05, 0.1) is 17.6 Å². The average Bonchev–Trinajstić information content (AvgIpc) is 2.76. The summed E-state index contributed by atoms with van der Waals surface area (Å²) in [5.74, 6) is 0.618. The third-order valence-corrected chi connectivity index (χ3v) is 6.25. The maximum absolute atomic E-state index is 13.3. The maximum Gasteiger partial charge on any atom is 0.254 e. The summed E-state index contributed by atoms with van der Waals surface area (Å²) in [6, 6.07) is 6.24. The average molecular weight is 383 g/mol. The van der Waals surface area contributed by atoms with Gasteiger partial charge in [-0.2, -0.15) is 0 Å². The second-order valence-electron chi connectivity index (χ2n) is 8.01. The smallest absolute Gasteiger partial charge is 0.254 e. The molecule has 0 saturated carbocycles. The van der Waals surface area contributed by atoms with E-state index in [9.17, 15) is 4.79 Å². The number of benzene rings is 1. The van der Waals surface area contributed by atoms with Gasteiger partial charge < -0.3 is 14.5 Å². The van der Waals surface area contributed by atoms with Gasteiger partial charge in [0.1, 0.15) is 0 Å². The van der Waals surface area contributed by atoms with Crippen molar-refractivity contribution in [2.24, 2.45) is 5.92 Å². The quantitative estimate of drug-likeness (QED) is 0.769. The summed E-state index contributed by atoms with van der Waals surface area (Å²) in [4.78, 5) is 26.6. The van der Waals surface area contributed by atoms with Gasteiger partial charge >= 0.3 is 0 Å². The Morgan fingerprint density at radius 2 is 1.96 bits per heavy atom. The number of ether oxygens (including phenoxy) is 1. The molecule has 1 aromatic carbocycles. The van der Waals surface area contributed by atoms with Crippen LogP contribution >= 0.6 is 0 Å². The van der Waals surface area contributed by atoms with Crippen LogP contribution in [-0.2, 0) is 4.74 Å². The summed E-state index contributed by atoms with van der Waals surface area (Å²) in [7, 11) is 1.69. The van der Waals surface area contributed by atoms with Gasteiger partial charge in [0, 0.05) is 44.2 Å². The number of rotatable bonds is 6. The molecule has 1 aromatic heterocycles. The molecule has 6 nitrogen and oxygen atoms in total. The highest BCUT2D eigenvalue weighted by molar-refractivity contribution is 5.97. The van der Waals surface area contributed by atoms with Crippen molar-refractivity contribution < 1.29 is 9.53 Å². The van der Waals surface area contributed by atoms with Crippen LogP contribution in [0.1, 0.15) is 42.5 Å². The molecule has 4 rings (SSSR count). The SMILES string of the molecule is COCCN(CC1CCCN2CCCCC12)C(=O)c1ccc2nccnc2c1. The fourth-order valence-electron chi connectivity index (χ4n) is 4.83. The van der Waals surface area contributed by atoms with Crippen LogP contribution in [-0.4, -0.2) is 71.6 Å². The summed E-state index contributed by atoms with van der Waals surface area (Å²) in [6.45, 7) is 4.42. The zero-order chi connectivity index (χ0) is 19.3. The Kier molecular flexibility index (Phi) is 6.17. The van der Waals surface area contributed by atoms with Crippen molar-refractivity contribution in [1.29, 1.82) is 0 Å². The highest BCUT2D eigenvalue weighted by atomic mass is 16.5. The minimum atomic E-state index is 0.0672. The number of hydrogen-bond acceptors (Lipinski definition) is 5.